The molecule has 3 aromatic rings. The van der Waals surface area contributed by atoms with E-state index in [0.29, 0.717) is 35.1 Å². The maximum Gasteiger partial charge on any atom is 0.223 e. The van der Waals surface area contributed by atoms with Crippen molar-refractivity contribution in [3.05, 3.63) is 54.0 Å². The first-order chi connectivity index (χ1) is 18.2. The van der Waals surface area contributed by atoms with Gasteiger partial charge in [-0.3, -0.25) is 0 Å². The average Bonchev–Trinajstić information content (AvgIpc) is 2.85. The second-order valence-corrected chi connectivity index (χ2v) is 9.88. The number of rotatable bonds is 12. The highest BCUT2D eigenvalue weighted by Crippen LogP contribution is 2.37. The molecule has 202 valence electrons. The highest BCUT2D eigenvalue weighted by Gasteiger charge is 2.39. The van der Waals surface area contributed by atoms with Crippen LogP contribution in [-0.2, 0) is 6.54 Å². The number of pyridine rings is 3. The SMILES string of the molecule is COc1ncccc1CNc1cc(-c2cccnc2OCC(O)(O)C2CCC2)nc(C(C)=N)c1NC(C)C. The third kappa shape index (κ3) is 6.20. The highest BCUT2D eigenvalue weighted by molar-refractivity contribution is 6.03. The molecule has 0 radical (unpaired) electrons. The summed E-state index contributed by atoms with van der Waals surface area (Å²) in [5, 5.41) is 36.3. The average molecular weight is 521 g/mol. The first kappa shape index (κ1) is 27.3. The van der Waals surface area contributed by atoms with Crippen molar-refractivity contribution in [1.29, 1.82) is 5.41 Å². The molecule has 3 heterocycles. The molecule has 0 saturated heterocycles. The van der Waals surface area contributed by atoms with Gasteiger partial charge in [-0.2, -0.15) is 0 Å². The first-order valence-corrected chi connectivity index (χ1v) is 12.8. The molecule has 38 heavy (non-hydrogen) atoms. The van der Waals surface area contributed by atoms with E-state index in [0.717, 1.165) is 30.5 Å². The number of anilines is 2. The Bertz CT molecular complexity index is 1280. The molecule has 1 aliphatic carbocycles. The van der Waals surface area contributed by atoms with E-state index in [-0.39, 0.29) is 30.2 Å². The van der Waals surface area contributed by atoms with E-state index in [1.54, 1.807) is 32.5 Å². The molecule has 0 amide bonds. The summed E-state index contributed by atoms with van der Waals surface area (Å²) in [6.45, 7) is 5.87. The van der Waals surface area contributed by atoms with Gasteiger partial charge in [0, 0.05) is 36.5 Å². The minimum atomic E-state index is -1.92. The van der Waals surface area contributed by atoms with Crippen molar-refractivity contribution in [2.75, 3.05) is 24.4 Å². The molecule has 0 aromatic carbocycles. The van der Waals surface area contributed by atoms with Crippen molar-refractivity contribution in [2.45, 2.75) is 58.4 Å². The van der Waals surface area contributed by atoms with E-state index in [4.69, 9.17) is 19.9 Å². The number of aliphatic hydroxyl groups is 2. The highest BCUT2D eigenvalue weighted by atomic mass is 16.6. The molecule has 1 aliphatic rings. The molecular formula is C28H36N6O4. The van der Waals surface area contributed by atoms with Crippen molar-refractivity contribution < 1.29 is 19.7 Å². The van der Waals surface area contributed by atoms with Crippen molar-refractivity contribution in [3.8, 4) is 23.0 Å². The third-order valence-corrected chi connectivity index (χ3v) is 6.55. The van der Waals surface area contributed by atoms with Crippen molar-refractivity contribution >= 4 is 17.1 Å². The van der Waals surface area contributed by atoms with Crippen LogP contribution >= 0.6 is 0 Å². The molecule has 10 heteroatoms. The molecule has 5 N–H and O–H groups in total. The summed E-state index contributed by atoms with van der Waals surface area (Å²) in [6, 6.07) is 9.34. The van der Waals surface area contributed by atoms with Gasteiger partial charge in [-0.1, -0.05) is 12.5 Å². The zero-order valence-electron chi connectivity index (χ0n) is 22.3. The Morgan fingerprint density at radius 1 is 1.16 bits per heavy atom. The summed E-state index contributed by atoms with van der Waals surface area (Å²) in [7, 11) is 1.58. The van der Waals surface area contributed by atoms with E-state index < -0.39 is 5.79 Å². The first-order valence-electron chi connectivity index (χ1n) is 12.8. The lowest BCUT2D eigenvalue weighted by Crippen LogP contribution is -2.46. The number of hydrogen-bond donors (Lipinski definition) is 5. The van der Waals surface area contributed by atoms with Crippen LogP contribution in [-0.4, -0.2) is 56.4 Å². The molecule has 1 saturated carbocycles. The van der Waals surface area contributed by atoms with Gasteiger partial charge in [0.25, 0.3) is 0 Å². The van der Waals surface area contributed by atoms with Crippen LogP contribution < -0.4 is 20.1 Å². The van der Waals surface area contributed by atoms with Gasteiger partial charge < -0.3 is 35.7 Å². The lowest BCUT2D eigenvalue weighted by atomic mass is 9.79. The van der Waals surface area contributed by atoms with Gasteiger partial charge in [-0.25, -0.2) is 15.0 Å². The fourth-order valence-electron chi connectivity index (χ4n) is 4.33. The largest absolute Gasteiger partial charge is 0.481 e. The molecule has 10 nitrogen and oxygen atoms in total. The Kier molecular flexibility index (Phi) is 8.43. The fourth-order valence-corrected chi connectivity index (χ4v) is 4.33. The number of methoxy groups -OCH3 is 1. The smallest absolute Gasteiger partial charge is 0.223 e. The van der Waals surface area contributed by atoms with Crippen LogP contribution in [0.2, 0.25) is 0 Å². The predicted octanol–water partition coefficient (Wildman–Crippen LogP) is 4.23. The van der Waals surface area contributed by atoms with E-state index in [2.05, 4.69) is 20.6 Å². The van der Waals surface area contributed by atoms with E-state index in [1.807, 2.05) is 38.1 Å². The topological polar surface area (TPSA) is 146 Å². The van der Waals surface area contributed by atoms with Crippen LogP contribution in [0.15, 0.2) is 42.7 Å². The van der Waals surface area contributed by atoms with Crippen molar-refractivity contribution in [2.24, 2.45) is 5.92 Å². The Balaban J connectivity index is 1.72. The molecule has 0 unspecified atom stereocenters. The lowest BCUT2D eigenvalue weighted by molar-refractivity contribution is -0.232. The number of hydrogen-bond acceptors (Lipinski definition) is 10. The van der Waals surface area contributed by atoms with Crippen LogP contribution in [0.5, 0.6) is 11.8 Å². The van der Waals surface area contributed by atoms with E-state index in [9.17, 15) is 10.2 Å². The van der Waals surface area contributed by atoms with Gasteiger partial charge in [0.05, 0.1) is 35.5 Å². The fraction of sp³-hybridized carbons (Fsp3) is 0.429. The van der Waals surface area contributed by atoms with Crippen LogP contribution in [0.4, 0.5) is 11.4 Å². The molecule has 0 aliphatic heterocycles. The molecule has 1 fully saturated rings. The van der Waals surface area contributed by atoms with Crippen LogP contribution in [0.25, 0.3) is 11.3 Å². The van der Waals surface area contributed by atoms with Crippen LogP contribution in [0, 0.1) is 11.3 Å². The number of ether oxygens (including phenoxy) is 2. The lowest BCUT2D eigenvalue weighted by Gasteiger charge is -2.36. The standard InChI is InChI=1S/C28H36N6O4/c1-17(2)33-25-23(32-15-19-8-6-12-30-26(19)37-4)14-22(34-24(25)18(3)29)21-11-7-13-31-27(21)38-16-28(35,36)20-9-5-10-20/h6-8,11-14,17,20,29,33,35-36H,5,9-10,15-16H2,1-4H3,(H,32,34). The van der Waals surface area contributed by atoms with Gasteiger partial charge in [0.15, 0.2) is 0 Å². The van der Waals surface area contributed by atoms with Gasteiger partial charge in [0.2, 0.25) is 17.5 Å². The number of nitrogens with zero attached hydrogens (tertiary/aromatic N) is 3. The molecular weight excluding hydrogens is 484 g/mol. The van der Waals surface area contributed by atoms with Crippen LogP contribution in [0.1, 0.15) is 51.3 Å². The van der Waals surface area contributed by atoms with Crippen molar-refractivity contribution in [3.63, 3.8) is 0 Å². The normalized spacial score (nSPS) is 13.7. The number of aromatic nitrogens is 3. The Labute approximate surface area is 223 Å². The van der Waals surface area contributed by atoms with E-state index >= 15 is 0 Å². The Morgan fingerprint density at radius 3 is 2.50 bits per heavy atom. The van der Waals surface area contributed by atoms with Gasteiger partial charge in [0.1, 0.15) is 12.3 Å². The second-order valence-electron chi connectivity index (χ2n) is 9.88. The molecule has 0 spiro atoms. The quantitative estimate of drug-likeness (QED) is 0.175. The monoisotopic (exact) mass is 520 g/mol. The van der Waals surface area contributed by atoms with Gasteiger partial charge in [-0.05, 0) is 57.9 Å². The molecule has 4 rings (SSSR count). The predicted molar refractivity (Wildman–Crippen MR) is 147 cm³/mol. The number of nitrogens with one attached hydrogen (secondary N) is 3. The van der Waals surface area contributed by atoms with E-state index in [1.165, 1.54) is 0 Å². The Hall–Kier alpha value is -3.76. The maximum atomic E-state index is 10.5. The summed E-state index contributed by atoms with van der Waals surface area (Å²) in [4.78, 5) is 13.4. The summed E-state index contributed by atoms with van der Waals surface area (Å²) in [5.41, 5.74) is 4.21. The second kappa shape index (κ2) is 11.7. The zero-order chi connectivity index (χ0) is 27.3. The van der Waals surface area contributed by atoms with Crippen LogP contribution in [0.3, 0.4) is 0 Å². The van der Waals surface area contributed by atoms with Crippen molar-refractivity contribution in [1.82, 2.24) is 15.0 Å². The minimum Gasteiger partial charge on any atom is -0.481 e. The maximum absolute atomic E-state index is 10.5. The zero-order valence-corrected chi connectivity index (χ0v) is 22.3. The third-order valence-electron chi connectivity index (χ3n) is 6.55. The van der Waals surface area contributed by atoms with Gasteiger partial charge in [-0.15, -0.1) is 0 Å². The molecule has 0 bridgehead atoms. The molecule has 0 atom stereocenters. The summed E-state index contributed by atoms with van der Waals surface area (Å²) in [5.74, 6) is -1.36. The summed E-state index contributed by atoms with van der Waals surface area (Å²) >= 11 is 0. The Morgan fingerprint density at radius 2 is 1.87 bits per heavy atom. The summed E-state index contributed by atoms with van der Waals surface area (Å²) in [6.07, 6.45) is 5.77. The molecule has 3 aromatic heterocycles. The van der Waals surface area contributed by atoms with Gasteiger partial charge >= 0.3 is 0 Å². The summed E-state index contributed by atoms with van der Waals surface area (Å²) < 4.78 is 11.2. The minimum absolute atomic E-state index is 0.0975.